The standard InChI is InChI=1S/C29H23NO7/c1-15-8-4-7-11-20(15)30-27(33)22-23(28(30)34)29(25(31)17-9-5-6-10-18(17)26(29)32)37-24(22)19-13-12-16(35-2)14-21(19)36-3/h4-14,22-24H,1-3H3. The minimum Gasteiger partial charge on any atom is -0.497 e. The van der Waals surface area contributed by atoms with Gasteiger partial charge in [0.15, 0.2) is 0 Å². The summed E-state index contributed by atoms with van der Waals surface area (Å²) >= 11 is 0. The van der Waals surface area contributed by atoms with E-state index in [1.54, 1.807) is 73.7 Å². The SMILES string of the molecule is COc1ccc(C2OC3(C(=O)c4ccccc4C3=O)C3C(=O)N(c4ccccc4C)C(=O)C23)c(OC)c1. The van der Waals surface area contributed by atoms with Crippen molar-refractivity contribution in [3.63, 3.8) is 0 Å². The van der Waals surface area contributed by atoms with Crippen molar-refractivity contribution in [2.24, 2.45) is 11.8 Å². The molecule has 3 atom stereocenters. The number of anilines is 1. The average Bonchev–Trinajstić information content (AvgIpc) is 3.48. The number of benzene rings is 3. The minimum atomic E-state index is -2.14. The normalized spacial score (nSPS) is 23.5. The van der Waals surface area contributed by atoms with Crippen LogP contribution >= 0.6 is 0 Å². The fourth-order valence-electron chi connectivity index (χ4n) is 5.90. The fraction of sp³-hybridized carbons (Fsp3) is 0.241. The number of ketones is 2. The summed E-state index contributed by atoms with van der Waals surface area (Å²) in [4.78, 5) is 57.0. The van der Waals surface area contributed by atoms with Crippen LogP contribution in [0.25, 0.3) is 0 Å². The highest BCUT2D eigenvalue weighted by Gasteiger charge is 2.75. The molecule has 3 unspecified atom stereocenters. The average molecular weight is 498 g/mol. The number of ether oxygens (including phenoxy) is 3. The Labute approximate surface area is 212 Å². The number of carbonyl (C=O) groups is 4. The van der Waals surface area contributed by atoms with E-state index in [1.807, 2.05) is 0 Å². The molecule has 0 radical (unpaired) electrons. The van der Waals surface area contributed by atoms with Crippen molar-refractivity contribution >= 4 is 29.1 Å². The van der Waals surface area contributed by atoms with Gasteiger partial charge in [0.25, 0.3) is 0 Å². The highest BCUT2D eigenvalue weighted by atomic mass is 16.5. The van der Waals surface area contributed by atoms with E-state index in [2.05, 4.69) is 0 Å². The smallest absolute Gasteiger partial charge is 0.241 e. The zero-order valence-corrected chi connectivity index (χ0v) is 20.4. The van der Waals surface area contributed by atoms with E-state index >= 15 is 0 Å². The molecule has 0 bridgehead atoms. The Morgan fingerprint density at radius 3 is 2.08 bits per heavy atom. The van der Waals surface area contributed by atoms with Crippen LogP contribution < -0.4 is 14.4 Å². The van der Waals surface area contributed by atoms with Crippen LogP contribution in [0.5, 0.6) is 11.5 Å². The van der Waals surface area contributed by atoms with Crippen molar-refractivity contribution in [3.05, 3.63) is 89.0 Å². The Morgan fingerprint density at radius 1 is 0.811 bits per heavy atom. The lowest BCUT2D eigenvalue weighted by molar-refractivity contribution is -0.127. The number of aryl methyl sites for hydroxylation is 1. The molecule has 2 aliphatic heterocycles. The van der Waals surface area contributed by atoms with Crippen molar-refractivity contribution in [1.29, 1.82) is 0 Å². The molecule has 3 aliphatic rings. The maximum atomic E-state index is 14.1. The first-order valence-electron chi connectivity index (χ1n) is 11.9. The molecule has 2 fully saturated rings. The number of fused-ring (bicyclic) bond motifs is 3. The van der Waals surface area contributed by atoms with Crippen molar-refractivity contribution < 1.29 is 33.4 Å². The molecule has 2 amide bonds. The van der Waals surface area contributed by atoms with Gasteiger partial charge >= 0.3 is 0 Å². The molecule has 1 aliphatic carbocycles. The maximum absolute atomic E-state index is 14.1. The Balaban J connectivity index is 1.57. The molecule has 1 spiro atoms. The van der Waals surface area contributed by atoms with Gasteiger partial charge < -0.3 is 14.2 Å². The number of rotatable bonds is 4. The highest BCUT2D eigenvalue weighted by Crippen LogP contribution is 2.59. The number of hydrogen-bond donors (Lipinski definition) is 0. The number of nitrogens with zero attached hydrogens (tertiary/aromatic N) is 1. The summed E-state index contributed by atoms with van der Waals surface area (Å²) in [6.07, 6.45) is -1.08. The van der Waals surface area contributed by atoms with E-state index in [0.29, 0.717) is 28.3 Å². The first kappa shape index (κ1) is 23.1. The van der Waals surface area contributed by atoms with Gasteiger partial charge in [-0.2, -0.15) is 0 Å². The van der Waals surface area contributed by atoms with Crippen LogP contribution in [0.15, 0.2) is 66.7 Å². The molecule has 37 heavy (non-hydrogen) atoms. The topological polar surface area (TPSA) is 99.2 Å². The van der Waals surface area contributed by atoms with Crippen molar-refractivity contribution in [2.75, 3.05) is 19.1 Å². The van der Waals surface area contributed by atoms with Gasteiger partial charge in [0.2, 0.25) is 29.0 Å². The zero-order chi connectivity index (χ0) is 26.1. The van der Waals surface area contributed by atoms with Crippen LogP contribution in [0.3, 0.4) is 0 Å². The van der Waals surface area contributed by atoms with Crippen LogP contribution in [0, 0.1) is 18.8 Å². The van der Waals surface area contributed by atoms with Crippen LogP contribution in [0.4, 0.5) is 5.69 Å². The number of carbonyl (C=O) groups excluding carboxylic acids is 4. The number of imide groups is 1. The third-order valence-corrected chi connectivity index (χ3v) is 7.62. The van der Waals surface area contributed by atoms with Crippen molar-refractivity contribution in [3.8, 4) is 11.5 Å². The monoisotopic (exact) mass is 497 g/mol. The number of para-hydroxylation sites is 1. The summed E-state index contributed by atoms with van der Waals surface area (Å²) < 4.78 is 17.2. The predicted octanol–water partition coefficient (Wildman–Crippen LogP) is 3.71. The Bertz CT molecular complexity index is 1470. The molecular formula is C29H23NO7. The van der Waals surface area contributed by atoms with Gasteiger partial charge in [-0.25, -0.2) is 4.90 Å². The molecule has 3 aromatic carbocycles. The van der Waals surface area contributed by atoms with E-state index in [-0.39, 0.29) is 11.1 Å². The molecule has 186 valence electrons. The van der Waals surface area contributed by atoms with E-state index in [0.717, 1.165) is 4.90 Å². The fourth-order valence-corrected chi connectivity index (χ4v) is 5.90. The summed E-state index contributed by atoms with van der Waals surface area (Å²) in [7, 11) is 2.97. The molecule has 0 N–H and O–H groups in total. The molecule has 6 rings (SSSR count). The quantitative estimate of drug-likeness (QED) is 0.400. The first-order chi connectivity index (χ1) is 17.8. The molecule has 0 saturated carbocycles. The summed E-state index contributed by atoms with van der Waals surface area (Å²) in [6.45, 7) is 1.79. The summed E-state index contributed by atoms with van der Waals surface area (Å²) in [5.41, 5.74) is -0.206. The van der Waals surface area contributed by atoms with E-state index in [1.165, 1.54) is 14.2 Å². The van der Waals surface area contributed by atoms with E-state index < -0.39 is 46.9 Å². The Morgan fingerprint density at radius 2 is 1.46 bits per heavy atom. The molecular weight excluding hydrogens is 474 g/mol. The first-order valence-corrected chi connectivity index (χ1v) is 11.9. The van der Waals surface area contributed by atoms with Gasteiger partial charge in [-0.05, 0) is 30.7 Å². The molecule has 8 nitrogen and oxygen atoms in total. The Kier molecular flexibility index (Phi) is 5.07. The van der Waals surface area contributed by atoms with Crippen LogP contribution in [-0.4, -0.2) is 43.2 Å². The summed E-state index contributed by atoms with van der Waals surface area (Å²) in [5, 5.41) is 0. The largest absolute Gasteiger partial charge is 0.497 e. The summed E-state index contributed by atoms with van der Waals surface area (Å²) in [5.74, 6) is -3.95. The Hall–Kier alpha value is -4.30. The highest BCUT2D eigenvalue weighted by molar-refractivity contribution is 6.37. The van der Waals surface area contributed by atoms with Crippen molar-refractivity contribution in [1.82, 2.24) is 0 Å². The lowest BCUT2D eigenvalue weighted by Gasteiger charge is -2.28. The van der Waals surface area contributed by atoms with Gasteiger partial charge in [-0.15, -0.1) is 0 Å². The molecule has 8 heteroatoms. The molecule has 2 saturated heterocycles. The maximum Gasteiger partial charge on any atom is 0.241 e. The van der Waals surface area contributed by atoms with Gasteiger partial charge in [-0.1, -0.05) is 42.5 Å². The molecule has 3 aromatic rings. The minimum absolute atomic E-state index is 0.184. The third kappa shape index (κ3) is 2.93. The van der Waals surface area contributed by atoms with Crippen LogP contribution in [0.1, 0.15) is 37.9 Å². The van der Waals surface area contributed by atoms with E-state index in [9.17, 15) is 19.2 Å². The van der Waals surface area contributed by atoms with Gasteiger partial charge in [0, 0.05) is 22.8 Å². The van der Waals surface area contributed by atoms with Gasteiger partial charge in [0.1, 0.15) is 17.6 Å². The van der Waals surface area contributed by atoms with Crippen LogP contribution in [-0.2, 0) is 14.3 Å². The number of amides is 2. The predicted molar refractivity (Wildman–Crippen MR) is 132 cm³/mol. The van der Waals surface area contributed by atoms with E-state index in [4.69, 9.17) is 14.2 Å². The number of Topliss-reactive ketones (excluding diaryl/α,β-unsaturated/α-hetero) is 2. The van der Waals surface area contributed by atoms with Crippen LogP contribution in [0.2, 0.25) is 0 Å². The van der Waals surface area contributed by atoms with Crippen molar-refractivity contribution in [2.45, 2.75) is 18.6 Å². The lowest BCUT2D eigenvalue weighted by atomic mass is 9.77. The summed E-state index contributed by atoms with van der Waals surface area (Å²) in [6, 6.07) is 18.4. The third-order valence-electron chi connectivity index (χ3n) is 7.62. The second kappa shape index (κ2) is 8.11. The number of methoxy groups -OCH3 is 2. The lowest BCUT2D eigenvalue weighted by Crippen LogP contribution is -2.51. The second-order valence-electron chi connectivity index (χ2n) is 9.39. The number of hydrogen-bond acceptors (Lipinski definition) is 7. The zero-order valence-electron chi connectivity index (χ0n) is 20.4. The molecule has 0 aromatic heterocycles. The second-order valence-corrected chi connectivity index (χ2v) is 9.39. The molecule has 2 heterocycles. The van der Waals surface area contributed by atoms with Gasteiger partial charge in [0.05, 0.1) is 31.7 Å². The van der Waals surface area contributed by atoms with Gasteiger partial charge in [-0.3, -0.25) is 19.2 Å².